The van der Waals surface area contributed by atoms with Crippen molar-refractivity contribution in [2.75, 3.05) is 68.7 Å². The summed E-state index contributed by atoms with van der Waals surface area (Å²) in [6.07, 6.45) is 0.690. The van der Waals surface area contributed by atoms with Crippen LogP contribution in [0.3, 0.4) is 0 Å². The van der Waals surface area contributed by atoms with Gasteiger partial charge in [0.05, 0.1) is 35.0 Å². The highest BCUT2D eigenvalue weighted by Crippen LogP contribution is 2.36. The molecule has 5 aliphatic rings. The summed E-state index contributed by atoms with van der Waals surface area (Å²) in [5.41, 5.74) is 4.02. The molecular formula is C49H52ClF2N9O5. The van der Waals surface area contributed by atoms with Crippen molar-refractivity contribution in [3.63, 3.8) is 0 Å². The van der Waals surface area contributed by atoms with Crippen molar-refractivity contribution in [2.45, 2.75) is 76.0 Å². The van der Waals surface area contributed by atoms with E-state index in [1.807, 2.05) is 52.3 Å². The Bertz CT molecular complexity index is 2570. The van der Waals surface area contributed by atoms with Crippen LogP contribution in [0.5, 0.6) is 5.75 Å². The van der Waals surface area contributed by atoms with Crippen LogP contribution in [0.1, 0.15) is 82.6 Å². The number of nitriles is 1. The molecule has 0 aliphatic carbocycles. The van der Waals surface area contributed by atoms with Crippen molar-refractivity contribution in [3.05, 3.63) is 111 Å². The van der Waals surface area contributed by atoms with E-state index in [-0.39, 0.29) is 55.6 Å². The molecule has 0 bridgehead atoms. The van der Waals surface area contributed by atoms with Crippen LogP contribution in [-0.4, -0.2) is 132 Å². The van der Waals surface area contributed by atoms with E-state index in [0.717, 1.165) is 21.7 Å². The minimum absolute atomic E-state index is 0.0597. The molecule has 9 rings (SSSR count). The van der Waals surface area contributed by atoms with Crippen molar-refractivity contribution in [2.24, 2.45) is 5.92 Å². The maximum absolute atomic E-state index is 16.0. The second-order valence-corrected chi connectivity index (χ2v) is 18.9. The highest BCUT2D eigenvalue weighted by atomic mass is 35.5. The van der Waals surface area contributed by atoms with Gasteiger partial charge in [0, 0.05) is 86.5 Å². The number of amides is 4. The van der Waals surface area contributed by atoms with Crippen LogP contribution >= 0.6 is 11.6 Å². The fourth-order valence-corrected chi connectivity index (χ4v) is 10.3. The van der Waals surface area contributed by atoms with Gasteiger partial charge in [0.2, 0.25) is 17.8 Å². The largest absolute Gasteiger partial charge is 0.487 e. The number of aromatic nitrogens is 2. The van der Waals surface area contributed by atoms with E-state index < -0.39 is 47.4 Å². The van der Waals surface area contributed by atoms with Gasteiger partial charge in [0.1, 0.15) is 30.7 Å². The Balaban J connectivity index is 0.723. The smallest absolute Gasteiger partial charge is 0.262 e. The summed E-state index contributed by atoms with van der Waals surface area (Å²) in [7, 11) is 0. The van der Waals surface area contributed by atoms with Crippen molar-refractivity contribution in [1.29, 1.82) is 5.26 Å². The number of imide groups is 2. The van der Waals surface area contributed by atoms with Gasteiger partial charge in [-0.15, -0.1) is 0 Å². The first-order chi connectivity index (χ1) is 31.7. The standard InChI is InChI=1S/C49H52ClF2N9O5/c1-49(2,33-21-30(25-53)22-34(50)23-33)32-3-6-37(7-4-32)66-29-35-11-14-54-48(55-35)60-16-13-42(41(52)28-60)59-15-12-31(40(51)27-59)26-57-17-19-58(20-18-57)36-5-8-38-39(24-36)47(65)61(46(38)64)43-9-10-44(62)56-45(43)63/h3-8,11,14,21-24,31,40-43H,9-10,12-13,15-20,26-29H2,1-2H3,(H,56,62,63). The van der Waals surface area contributed by atoms with Gasteiger partial charge in [-0.25, -0.2) is 18.7 Å². The van der Waals surface area contributed by atoms with E-state index in [1.165, 1.54) is 0 Å². The fraction of sp³-hybridized carbons (Fsp3) is 0.449. The summed E-state index contributed by atoms with van der Waals surface area (Å²) in [6.45, 7) is 9.14. The van der Waals surface area contributed by atoms with E-state index in [9.17, 15) is 24.4 Å². The number of piperazine rings is 1. The molecule has 4 saturated heterocycles. The maximum atomic E-state index is 16.0. The summed E-state index contributed by atoms with van der Waals surface area (Å²) < 4.78 is 37.9. The number of rotatable bonds is 11. The minimum Gasteiger partial charge on any atom is -0.487 e. The van der Waals surface area contributed by atoms with E-state index in [0.29, 0.717) is 86.6 Å². The first-order valence-electron chi connectivity index (χ1n) is 22.6. The summed E-state index contributed by atoms with van der Waals surface area (Å²) in [5, 5.41) is 12.2. The SMILES string of the molecule is CC(C)(c1ccc(OCc2ccnc(N3CCC(N4CCC(CN5CCN(c6ccc7c(c6)C(=O)N(C6CCC(=O)NC6=O)C7=O)CC5)C(F)C4)C(F)C3)n2)cc1)c1cc(Cl)cc(C#N)c1. The molecule has 0 radical (unpaired) electrons. The molecular weight excluding hydrogens is 868 g/mol. The number of hydrogen-bond donors (Lipinski definition) is 1. The zero-order chi connectivity index (χ0) is 46.3. The van der Waals surface area contributed by atoms with E-state index in [1.54, 1.807) is 30.5 Å². The third-order valence-electron chi connectivity index (χ3n) is 14.0. The van der Waals surface area contributed by atoms with Crippen LogP contribution < -0.4 is 19.9 Å². The molecule has 3 aromatic carbocycles. The Morgan fingerprint density at radius 1 is 0.833 bits per heavy atom. The lowest BCUT2D eigenvalue weighted by Gasteiger charge is -2.45. The van der Waals surface area contributed by atoms with Crippen LogP contribution in [-0.2, 0) is 21.6 Å². The molecule has 66 heavy (non-hydrogen) atoms. The predicted octanol–water partition coefficient (Wildman–Crippen LogP) is 5.71. The van der Waals surface area contributed by atoms with Gasteiger partial charge in [-0.1, -0.05) is 37.6 Å². The number of nitrogens with one attached hydrogen (secondary N) is 1. The molecule has 1 aromatic heterocycles. The second-order valence-electron chi connectivity index (χ2n) is 18.5. The van der Waals surface area contributed by atoms with Gasteiger partial charge in [0.15, 0.2) is 0 Å². The number of alkyl halides is 2. The molecule has 17 heteroatoms. The van der Waals surface area contributed by atoms with E-state index in [4.69, 9.17) is 21.3 Å². The highest BCUT2D eigenvalue weighted by Gasteiger charge is 2.45. The normalized spacial score (nSPS) is 24.3. The molecule has 5 unspecified atom stereocenters. The molecule has 6 heterocycles. The van der Waals surface area contributed by atoms with E-state index >= 15 is 8.78 Å². The molecule has 0 saturated carbocycles. The van der Waals surface area contributed by atoms with Crippen LogP contribution in [0, 0.1) is 17.2 Å². The third kappa shape index (κ3) is 9.21. The van der Waals surface area contributed by atoms with Crippen molar-refractivity contribution in [3.8, 4) is 11.8 Å². The summed E-state index contributed by atoms with van der Waals surface area (Å²) in [6, 6.07) is 20.9. The van der Waals surface area contributed by atoms with Gasteiger partial charge in [0.25, 0.3) is 11.8 Å². The lowest BCUT2D eigenvalue weighted by molar-refractivity contribution is -0.136. The summed E-state index contributed by atoms with van der Waals surface area (Å²) in [5.74, 6) is -1.20. The Morgan fingerprint density at radius 3 is 2.33 bits per heavy atom. The minimum atomic E-state index is -1.20. The molecule has 344 valence electrons. The van der Waals surface area contributed by atoms with Crippen LogP contribution in [0.15, 0.2) is 72.9 Å². The Hall–Kier alpha value is -6.02. The van der Waals surface area contributed by atoms with Gasteiger partial charge in [-0.05, 0) is 91.5 Å². The van der Waals surface area contributed by atoms with Crippen LogP contribution in [0.4, 0.5) is 20.4 Å². The monoisotopic (exact) mass is 919 g/mol. The molecule has 4 aromatic rings. The lowest BCUT2D eigenvalue weighted by atomic mass is 9.78. The number of likely N-dealkylation sites (tertiary alicyclic amines) is 1. The fourth-order valence-electron chi connectivity index (χ4n) is 10.1. The number of carbonyl (C=O) groups is 4. The van der Waals surface area contributed by atoms with Gasteiger partial charge in [-0.3, -0.25) is 39.2 Å². The number of fused-ring (bicyclic) bond motifs is 1. The molecule has 0 spiro atoms. The molecule has 4 fully saturated rings. The lowest BCUT2D eigenvalue weighted by Crippen LogP contribution is -2.58. The number of carbonyl (C=O) groups excluding carboxylic acids is 4. The van der Waals surface area contributed by atoms with Crippen LogP contribution in [0.2, 0.25) is 5.02 Å². The molecule has 5 aliphatic heterocycles. The Kier molecular flexibility index (Phi) is 12.8. The second kappa shape index (κ2) is 18.7. The van der Waals surface area contributed by atoms with Gasteiger partial charge >= 0.3 is 0 Å². The first kappa shape index (κ1) is 45.1. The number of halogens is 3. The number of benzene rings is 3. The zero-order valence-corrected chi connectivity index (χ0v) is 37.7. The maximum Gasteiger partial charge on any atom is 0.262 e. The van der Waals surface area contributed by atoms with Gasteiger partial charge in [-0.2, -0.15) is 5.26 Å². The Morgan fingerprint density at radius 2 is 1.61 bits per heavy atom. The molecule has 4 amide bonds. The number of hydrogen-bond acceptors (Lipinski definition) is 12. The summed E-state index contributed by atoms with van der Waals surface area (Å²) in [4.78, 5) is 69.0. The van der Waals surface area contributed by atoms with Gasteiger partial charge < -0.3 is 14.5 Å². The third-order valence-corrected chi connectivity index (χ3v) is 14.3. The average Bonchev–Trinajstić information content (AvgIpc) is 3.56. The average molecular weight is 920 g/mol. The number of ether oxygens (including phenoxy) is 1. The zero-order valence-electron chi connectivity index (χ0n) is 37.0. The van der Waals surface area contributed by atoms with E-state index in [2.05, 4.69) is 40.0 Å². The highest BCUT2D eigenvalue weighted by molar-refractivity contribution is 6.30. The van der Waals surface area contributed by atoms with Crippen molar-refractivity contribution >= 4 is 46.9 Å². The predicted molar refractivity (Wildman–Crippen MR) is 243 cm³/mol. The number of nitrogens with zero attached hydrogens (tertiary/aromatic N) is 8. The topological polar surface area (TPSA) is 155 Å². The van der Waals surface area contributed by atoms with Crippen molar-refractivity contribution in [1.82, 2.24) is 30.0 Å². The first-order valence-corrected chi connectivity index (χ1v) is 23.0. The Labute approximate surface area is 387 Å². The summed E-state index contributed by atoms with van der Waals surface area (Å²) >= 11 is 6.29. The number of piperidine rings is 3. The number of anilines is 2. The van der Waals surface area contributed by atoms with Crippen LogP contribution in [0.25, 0.3) is 0 Å². The molecule has 14 nitrogen and oxygen atoms in total. The molecule has 5 atom stereocenters. The molecule has 1 N–H and O–H groups in total. The van der Waals surface area contributed by atoms with Crippen molar-refractivity contribution < 1.29 is 32.7 Å². The quantitative estimate of drug-likeness (QED) is 0.184.